The lowest BCUT2D eigenvalue weighted by Gasteiger charge is -2.33. The van der Waals surface area contributed by atoms with Crippen molar-refractivity contribution in [1.82, 2.24) is 10.2 Å². The highest BCUT2D eigenvalue weighted by atomic mass is 79.9. The molecule has 214 valence electrons. The fourth-order valence-corrected chi connectivity index (χ4v) is 5.90. The molecule has 40 heavy (non-hydrogen) atoms. The van der Waals surface area contributed by atoms with Crippen LogP contribution in [0.25, 0.3) is 0 Å². The minimum atomic E-state index is -4.15. The Morgan fingerprint density at radius 3 is 2.10 bits per heavy atom. The molecule has 10 heteroatoms. The molecule has 1 N–H and O–H groups in total. The number of nitrogens with one attached hydrogen (secondary N) is 1. The van der Waals surface area contributed by atoms with E-state index in [2.05, 4.69) is 21.2 Å². The fourth-order valence-electron chi connectivity index (χ4n) is 4.22. The monoisotopic (exact) mass is 629 g/mol. The van der Waals surface area contributed by atoms with Gasteiger partial charge in [0.1, 0.15) is 18.3 Å². The highest BCUT2D eigenvalue weighted by Gasteiger charge is 2.33. The van der Waals surface area contributed by atoms with Gasteiger partial charge < -0.3 is 15.0 Å². The van der Waals surface area contributed by atoms with E-state index >= 15 is 0 Å². The molecule has 2 amide bonds. The van der Waals surface area contributed by atoms with E-state index in [9.17, 15) is 18.0 Å². The molecule has 0 unspecified atom stereocenters. The van der Waals surface area contributed by atoms with Crippen LogP contribution < -0.4 is 14.4 Å². The summed E-state index contributed by atoms with van der Waals surface area (Å²) >= 11 is 3.34. The summed E-state index contributed by atoms with van der Waals surface area (Å²) in [5.74, 6) is -0.199. The molecule has 0 spiro atoms. The van der Waals surface area contributed by atoms with Crippen molar-refractivity contribution in [3.05, 3.63) is 88.9 Å². The molecule has 0 heterocycles. The average Bonchev–Trinajstić information content (AvgIpc) is 2.92. The first kappa shape index (κ1) is 31.2. The first-order chi connectivity index (χ1) is 19.1. The van der Waals surface area contributed by atoms with Gasteiger partial charge in [-0.15, -0.1) is 0 Å². The van der Waals surface area contributed by atoms with Gasteiger partial charge in [-0.2, -0.15) is 0 Å². The molecule has 0 saturated carbocycles. The van der Waals surface area contributed by atoms with E-state index in [0.717, 1.165) is 14.3 Å². The van der Waals surface area contributed by atoms with Crippen molar-refractivity contribution in [2.75, 3.05) is 17.5 Å². The first-order valence-electron chi connectivity index (χ1n) is 13.2. The smallest absolute Gasteiger partial charge is 0.264 e. The molecule has 0 radical (unpaired) electrons. The molecule has 0 aromatic heterocycles. The van der Waals surface area contributed by atoms with Crippen LogP contribution in [-0.4, -0.2) is 50.4 Å². The summed E-state index contributed by atoms with van der Waals surface area (Å²) < 4.78 is 35.2. The Kier molecular flexibility index (Phi) is 11.2. The van der Waals surface area contributed by atoms with Gasteiger partial charge in [0.05, 0.1) is 17.2 Å². The molecule has 0 fully saturated rings. The number of anilines is 1. The molecule has 0 saturated heterocycles. The number of carbonyl (C=O) groups is 2. The number of benzene rings is 3. The van der Waals surface area contributed by atoms with Crippen molar-refractivity contribution >= 4 is 43.5 Å². The molecule has 3 rings (SSSR count). The van der Waals surface area contributed by atoms with Gasteiger partial charge in [0.15, 0.2) is 0 Å². The van der Waals surface area contributed by atoms with Crippen molar-refractivity contribution in [2.45, 2.75) is 57.6 Å². The third-order valence-corrected chi connectivity index (χ3v) is 8.45. The zero-order valence-corrected chi connectivity index (χ0v) is 25.6. The Morgan fingerprint density at radius 1 is 0.925 bits per heavy atom. The minimum Gasteiger partial charge on any atom is -0.494 e. The lowest BCUT2D eigenvalue weighted by molar-refractivity contribution is -0.140. The maximum Gasteiger partial charge on any atom is 0.264 e. The number of carbonyl (C=O) groups excluding carboxylic acids is 2. The van der Waals surface area contributed by atoms with Gasteiger partial charge in [0.2, 0.25) is 11.8 Å². The number of hydrogen-bond donors (Lipinski definition) is 1. The topological polar surface area (TPSA) is 96.0 Å². The van der Waals surface area contributed by atoms with Crippen LogP contribution >= 0.6 is 15.9 Å². The molecule has 0 aliphatic heterocycles. The van der Waals surface area contributed by atoms with Crippen LogP contribution in [0.1, 0.15) is 39.7 Å². The summed E-state index contributed by atoms with van der Waals surface area (Å²) in [6.45, 7) is 7.52. The second-order valence-corrected chi connectivity index (χ2v) is 12.3. The maximum atomic E-state index is 14.0. The van der Waals surface area contributed by atoms with E-state index in [4.69, 9.17) is 4.74 Å². The van der Waals surface area contributed by atoms with Crippen molar-refractivity contribution < 1.29 is 22.7 Å². The molecule has 0 aliphatic carbocycles. The molecule has 3 aromatic carbocycles. The SMILES string of the molecule is CCOc1ccc(N(CC(=O)N(Cc2ccccc2)[C@H](CC)C(=O)NC(C)C)S(=O)(=O)c2ccc(Br)cc2)cc1. The Hall–Kier alpha value is -3.37. The largest absolute Gasteiger partial charge is 0.494 e. The number of sulfonamides is 1. The predicted octanol–water partition coefficient (Wildman–Crippen LogP) is 5.38. The van der Waals surface area contributed by atoms with Gasteiger partial charge in [-0.25, -0.2) is 8.42 Å². The summed E-state index contributed by atoms with van der Waals surface area (Å²) in [6.07, 6.45) is 0.361. The second-order valence-electron chi connectivity index (χ2n) is 9.49. The van der Waals surface area contributed by atoms with E-state index in [0.29, 0.717) is 24.5 Å². The summed E-state index contributed by atoms with van der Waals surface area (Å²) in [7, 11) is -4.15. The zero-order valence-electron chi connectivity index (χ0n) is 23.2. The van der Waals surface area contributed by atoms with E-state index in [1.54, 1.807) is 36.4 Å². The van der Waals surface area contributed by atoms with E-state index in [1.807, 2.05) is 58.0 Å². The number of nitrogens with zero attached hydrogens (tertiary/aromatic N) is 2. The molecular weight excluding hydrogens is 594 g/mol. The molecule has 1 atom stereocenters. The number of halogens is 1. The Morgan fingerprint density at radius 2 is 1.55 bits per heavy atom. The van der Waals surface area contributed by atoms with E-state index in [1.165, 1.54) is 17.0 Å². The average molecular weight is 631 g/mol. The van der Waals surface area contributed by atoms with Crippen LogP contribution in [0.4, 0.5) is 5.69 Å². The summed E-state index contributed by atoms with van der Waals surface area (Å²) in [6, 6.07) is 21.2. The normalized spacial score (nSPS) is 12.1. The quantitative estimate of drug-likeness (QED) is 0.274. The third-order valence-electron chi connectivity index (χ3n) is 6.13. The van der Waals surface area contributed by atoms with Gasteiger partial charge >= 0.3 is 0 Å². The lowest BCUT2D eigenvalue weighted by Crippen LogP contribution is -2.53. The van der Waals surface area contributed by atoms with Crippen molar-refractivity contribution in [1.29, 1.82) is 0 Å². The van der Waals surface area contributed by atoms with Crippen molar-refractivity contribution in [3.8, 4) is 5.75 Å². The molecule has 3 aromatic rings. The van der Waals surface area contributed by atoms with E-state index in [-0.39, 0.29) is 23.4 Å². The van der Waals surface area contributed by atoms with Crippen LogP contribution in [0.3, 0.4) is 0 Å². The number of amides is 2. The highest BCUT2D eigenvalue weighted by Crippen LogP contribution is 2.27. The maximum absolute atomic E-state index is 14.0. The molecular formula is C30H36BrN3O5S. The molecule has 0 bridgehead atoms. The number of rotatable bonds is 13. The van der Waals surface area contributed by atoms with Crippen LogP contribution in [0.15, 0.2) is 88.2 Å². The van der Waals surface area contributed by atoms with Gasteiger partial charge in [0, 0.05) is 17.1 Å². The highest BCUT2D eigenvalue weighted by molar-refractivity contribution is 9.10. The Balaban J connectivity index is 2.05. The van der Waals surface area contributed by atoms with Gasteiger partial charge in [0.25, 0.3) is 10.0 Å². The number of ether oxygens (including phenoxy) is 1. The first-order valence-corrected chi connectivity index (χ1v) is 15.4. The standard InChI is InChI=1S/C30H36BrN3O5S/c1-5-28(30(36)32-22(3)4)33(20-23-10-8-7-9-11-23)29(35)21-34(25-14-16-26(17-15-25)39-6-2)40(37,38)27-18-12-24(31)13-19-27/h7-19,22,28H,5-6,20-21H2,1-4H3,(H,32,36)/t28-/m1/s1. The minimum absolute atomic E-state index is 0.0385. The fraction of sp³-hybridized carbons (Fsp3) is 0.333. The van der Waals surface area contributed by atoms with Crippen LogP contribution in [0.2, 0.25) is 0 Å². The Bertz CT molecular complexity index is 1360. The Labute approximate surface area is 245 Å². The summed E-state index contributed by atoms with van der Waals surface area (Å²) in [4.78, 5) is 28.7. The molecule has 8 nitrogen and oxygen atoms in total. The van der Waals surface area contributed by atoms with Gasteiger partial charge in [-0.05, 0) is 81.3 Å². The van der Waals surface area contributed by atoms with Crippen LogP contribution in [0.5, 0.6) is 5.75 Å². The number of hydrogen-bond acceptors (Lipinski definition) is 5. The second kappa shape index (κ2) is 14.3. The van der Waals surface area contributed by atoms with Crippen molar-refractivity contribution in [2.24, 2.45) is 0 Å². The summed E-state index contributed by atoms with van der Waals surface area (Å²) in [5.41, 5.74) is 1.13. The zero-order chi connectivity index (χ0) is 29.3. The third kappa shape index (κ3) is 8.08. The van der Waals surface area contributed by atoms with Gasteiger partial charge in [-0.3, -0.25) is 13.9 Å². The van der Waals surface area contributed by atoms with Crippen LogP contribution in [0, 0.1) is 0 Å². The van der Waals surface area contributed by atoms with Gasteiger partial charge in [-0.1, -0.05) is 53.2 Å². The predicted molar refractivity (Wildman–Crippen MR) is 161 cm³/mol. The lowest BCUT2D eigenvalue weighted by atomic mass is 10.1. The summed E-state index contributed by atoms with van der Waals surface area (Å²) in [5, 5.41) is 2.90. The van der Waals surface area contributed by atoms with Crippen molar-refractivity contribution in [3.63, 3.8) is 0 Å². The van der Waals surface area contributed by atoms with E-state index < -0.39 is 28.5 Å². The van der Waals surface area contributed by atoms with Crippen LogP contribution in [-0.2, 0) is 26.2 Å². The molecule has 0 aliphatic rings.